The van der Waals surface area contributed by atoms with Crippen LogP contribution in [-0.2, 0) is 4.74 Å². The molecule has 7 nitrogen and oxygen atoms in total. The maximum absolute atomic E-state index is 12.7. The van der Waals surface area contributed by atoms with Crippen molar-refractivity contribution in [3.63, 3.8) is 0 Å². The summed E-state index contributed by atoms with van der Waals surface area (Å²) in [6.07, 6.45) is 0. The predicted octanol–water partition coefficient (Wildman–Crippen LogP) is 2.30. The Kier molecular flexibility index (Phi) is 5.97. The first-order valence-electron chi connectivity index (χ1n) is 9.88. The van der Waals surface area contributed by atoms with Crippen LogP contribution in [0.15, 0.2) is 54.6 Å². The Hall–Kier alpha value is -3.03. The minimum Gasteiger partial charge on any atom is -0.379 e. The highest BCUT2D eigenvalue weighted by Crippen LogP contribution is 2.21. The number of hydrogen-bond acceptors (Lipinski definition) is 5. The number of nitrogens with one attached hydrogen (secondary N) is 1. The zero-order chi connectivity index (χ0) is 20.1. The van der Waals surface area contributed by atoms with Crippen LogP contribution in [-0.4, -0.2) is 65.0 Å². The van der Waals surface area contributed by atoms with Gasteiger partial charge in [-0.3, -0.25) is 9.69 Å². The highest BCUT2D eigenvalue weighted by Gasteiger charge is 2.19. The molecule has 3 aromatic rings. The average molecular weight is 391 g/mol. The zero-order valence-corrected chi connectivity index (χ0v) is 16.5. The maximum Gasteiger partial charge on any atom is 0.291 e. The molecular formula is C22H25N5O2. The van der Waals surface area contributed by atoms with Crippen molar-refractivity contribution in [2.45, 2.75) is 6.92 Å². The van der Waals surface area contributed by atoms with E-state index in [-0.39, 0.29) is 11.7 Å². The summed E-state index contributed by atoms with van der Waals surface area (Å²) in [6, 6.07) is 17.8. The molecule has 1 aliphatic rings. The molecule has 0 atom stereocenters. The molecule has 1 fully saturated rings. The van der Waals surface area contributed by atoms with Gasteiger partial charge in [0, 0.05) is 31.7 Å². The molecule has 0 unspecified atom stereocenters. The summed E-state index contributed by atoms with van der Waals surface area (Å²) in [4.78, 5) is 19.5. The van der Waals surface area contributed by atoms with E-state index in [2.05, 4.69) is 20.3 Å². The first kappa shape index (κ1) is 19.3. The van der Waals surface area contributed by atoms with E-state index in [1.807, 2.05) is 61.5 Å². The molecule has 150 valence electrons. The van der Waals surface area contributed by atoms with Gasteiger partial charge in [-0.15, -0.1) is 5.10 Å². The van der Waals surface area contributed by atoms with Gasteiger partial charge in [0.2, 0.25) is 5.82 Å². The minimum atomic E-state index is -0.263. The second-order valence-electron chi connectivity index (χ2n) is 7.08. The molecule has 4 rings (SSSR count). The first-order valence-corrected chi connectivity index (χ1v) is 9.88. The molecule has 1 aromatic heterocycles. The fourth-order valence-corrected chi connectivity index (χ4v) is 3.28. The molecule has 0 bridgehead atoms. The van der Waals surface area contributed by atoms with E-state index in [9.17, 15) is 4.79 Å². The van der Waals surface area contributed by atoms with Crippen molar-refractivity contribution in [3.05, 3.63) is 66.0 Å². The molecule has 7 heteroatoms. The number of aromatic nitrogens is 3. The van der Waals surface area contributed by atoms with Crippen LogP contribution in [0.3, 0.4) is 0 Å². The number of carbonyl (C=O) groups excluding carboxylic acids is 1. The van der Waals surface area contributed by atoms with Crippen LogP contribution in [0.4, 0.5) is 0 Å². The van der Waals surface area contributed by atoms with Crippen LogP contribution < -0.4 is 5.32 Å². The van der Waals surface area contributed by atoms with Crippen LogP contribution in [0.1, 0.15) is 16.2 Å². The van der Waals surface area contributed by atoms with Gasteiger partial charge in [0.25, 0.3) is 5.91 Å². The number of rotatable bonds is 6. The number of ether oxygens (including phenoxy) is 1. The van der Waals surface area contributed by atoms with Gasteiger partial charge >= 0.3 is 0 Å². The van der Waals surface area contributed by atoms with E-state index in [1.54, 1.807) is 4.68 Å². The van der Waals surface area contributed by atoms with Crippen molar-refractivity contribution in [2.75, 3.05) is 39.4 Å². The van der Waals surface area contributed by atoms with E-state index in [0.717, 1.165) is 49.7 Å². The Morgan fingerprint density at radius 2 is 1.79 bits per heavy atom. The summed E-state index contributed by atoms with van der Waals surface area (Å²) in [5.41, 5.74) is 2.94. The monoisotopic (exact) mass is 391 g/mol. The standard InChI is InChI=1S/C22H25N5O2/c1-17-7-9-19(10-8-17)27-21(18-5-3-2-4-6-18)24-20(25-27)22(28)23-11-12-26-13-15-29-16-14-26/h2-10H,11-16H2,1H3,(H,23,28). The van der Waals surface area contributed by atoms with Gasteiger partial charge in [-0.1, -0.05) is 48.0 Å². The third-order valence-electron chi connectivity index (χ3n) is 4.94. The van der Waals surface area contributed by atoms with Crippen molar-refractivity contribution in [2.24, 2.45) is 0 Å². The lowest BCUT2D eigenvalue weighted by Gasteiger charge is -2.26. The van der Waals surface area contributed by atoms with Gasteiger partial charge in [-0.05, 0) is 19.1 Å². The Balaban J connectivity index is 1.54. The molecule has 1 saturated heterocycles. The summed E-state index contributed by atoms with van der Waals surface area (Å²) in [7, 11) is 0. The number of morpholine rings is 1. The fourth-order valence-electron chi connectivity index (χ4n) is 3.28. The SMILES string of the molecule is Cc1ccc(-n2nc(C(=O)NCCN3CCOCC3)nc2-c2ccccc2)cc1. The molecular weight excluding hydrogens is 366 g/mol. The van der Waals surface area contributed by atoms with Crippen molar-refractivity contribution in [3.8, 4) is 17.1 Å². The quantitative estimate of drug-likeness (QED) is 0.698. The Labute approximate surface area is 170 Å². The van der Waals surface area contributed by atoms with Crippen LogP contribution >= 0.6 is 0 Å². The predicted molar refractivity (Wildman–Crippen MR) is 111 cm³/mol. The largest absolute Gasteiger partial charge is 0.379 e. The number of carbonyl (C=O) groups is 1. The van der Waals surface area contributed by atoms with E-state index in [0.29, 0.717) is 12.4 Å². The third kappa shape index (κ3) is 4.70. The molecule has 1 amide bonds. The second kappa shape index (κ2) is 8.98. The van der Waals surface area contributed by atoms with Crippen molar-refractivity contribution in [1.82, 2.24) is 25.0 Å². The van der Waals surface area contributed by atoms with Gasteiger partial charge < -0.3 is 10.1 Å². The Bertz CT molecular complexity index is 947. The lowest BCUT2D eigenvalue weighted by molar-refractivity contribution is 0.0383. The summed E-state index contributed by atoms with van der Waals surface area (Å²) in [5.74, 6) is 0.556. The van der Waals surface area contributed by atoms with Gasteiger partial charge in [-0.2, -0.15) is 0 Å². The number of nitrogens with zero attached hydrogens (tertiary/aromatic N) is 4. The highest BCUT2D eigenvalue weighted by molar-refractivity contribution is 5.91. The third-order valence-corrected chi connectivity index (χ3v) is 4.94. The Morgan fingerprint density at radius 3 is 2.52 bits per heavy atom. The summed E-state index contributed by atoms with van der Waals surface area (Å²) in [5, 5.41) is 7.45. The van der Waals surface area contributed by atoms with E-state index in [1.165, 1.54) is 0 Å². The second-order valence-corrected chi connectivity index (χ2v) is 7.08. The molecule has 2 heterocycles. The van der Waals surface area contributed by atoms with Gasteiger partial charge in [0.15, 0.2) is 5.82 Å². The Morgan fingerprint density at radius 1 is 1.07 bits per heavy atom. The average Bonchev–Trinajstić information content (AvgIpc) is 3.21. The molecule has 0 radical (unpaired) electrons. The van der Waals surface area contributed by atoms with Crippen LogP contribution in [0.5, 0.6) is 0 Å². The lowest BCUT2D eigenvalue weighted by atomic mass is 10.2. The molecule has 0 aliphatic carbocycles. The molecule has 29 heavy (non-hydrogen) atoms. The summed E-state index contributed by atoms with van der Waals surface area (Å²) in [6.45, 7) is 6.67. The van der Waals surface area contributed by atoms with Crippen LogP contribution in [0.25, 0.3) is 17.1 Å². The number of hydrogen-bond donors (Lipinski definition) is 1. The fraction of sp³-hybridized carbons (Fsp3) is 0.318. The van der Waals surface area contributed by atoms with Gasteiger partial charge in [0.05, 0.1) is 18.9 Å². The number of aryl methyl sites for hydroxylation is 1. The molecule has 0 spiro atoms. The number of amides is 1. The summed E-state index contributed by atoms with van der Waals surface area (Å²) < 4.78 is 7.08. The van der Waals surface area contributed by atoms with Crippen LogP contribution in [0, 0.1) is 6.92 Å². The van der Waals surface area contributed by atoms with E-state index in [4.69, 9.17) is 4.74 Å². The molecule has 1 aliphatic heterocycles. The molecule has 1 N–H and O–H groups in total. The zero-order valence-electron chi connectivity index (χ0n) is 16.5. The minimum absolute atomic E-state index is 0.173. The lowest BCUT2D eigenvalue weighted by Crippen LogP contribution is -2.41. The first-order chi connectivity index (χ1) is 14.2. The van der Waals surface area contributed by atoms with Crippen molar-refractivity contribution < 1.29 is 9.53 Å². The topological polar surface area (TPSA) is 72.3 Å². The summed E-state index contributed by atoms with van der Waals surface area (Å²) >= 11 is 0. The molecule has 2 aromatic carbocycles. The van der Waals surface area contributed by atoms with E-state index >= 15 is 0 Å². The van der Waals surface area contributed by atoms with Gasteiger partial charge in [0.1, 0.15) is 0 Å². The van der Waals surface area contributed by atoms with Crippen molar-refractivity contribution in [1.29, 1.82) is 0 Å². The molecule has 0 saturated carbocycles. The number of benzene rings is 2. The van der Waals surface area contributed by atoms with Gasteiger partial charge in [-0.25, -0.2) is 9.67 Å². The van der Waals surface area contributed by atoms with E-state index < -0.39 is 0 Å². The maximum atomic E-state index is 12.7. The van der Waals surface area contributed by atoms with Crippen molar-refractivity contribution >= 4 is 5.91 Å². The highest BCUT2D eigenvalue weighted by atomic mass is 16.5. The van der Waals surface area contributed by atoms with Crippen LogP contribution in [0.2, 0.25) is 0 Å². The normalized spacial score (nSPS) is 14.7. The smallest absolute Gasteiger partial charge is 0.291 e.